The number of hydrogen-bond acceptors (Lipinski definition) is 6. The van der Waals surface area contributed by atoms with Gasteiger partial charge in [-0.15, -0.1) is 23.1 Å². The van der Waals surface area contributed by atoms with Crippen molar-refractivity contribution in [1.29, 1.82) is 0 Å². The van der Waals surface area contributed by atoms with Crippen LogP contribution in [-0.4, -0.2) is 31.4 Å². The number of amides is 1. The highest BCUT2D eigenvalue weighted by molar-refractivity contribution is 8.00. The predicted octanol–water partition coefficient (Wildman–Crippen LogP) is 2.81. The van der Waals surface area contributed by atoms with Gasteiger partial charge in [-0.05, 0) is 24.4 Å². The van der Waals surface area contributed by atoms with Crippen LogP contribution in [0.25, 0.3) is 5.95 Å². The first-order chi connectivity index (χ1) is 11.2. The normalized spacial score (nSPS) is 17.4. The SMILES string of the molecule is Cc1nn(-c2ncccn2)c2c1[C@@H](c1cccs1)SCC(=O)N2. The molecule has 1 N–H and O–H groups in total. The molecular formula is C15H13N5OS2. The lowest BCUT2D eigenvalue weighted by molar-refractivity contribution is -0.113. The van der Waals surface area contributed by atoms with Gasteiger partial charge in [-0.3, -0.25) is 4.79 Å². The molecule has 4 rings (SSSR count). The first kappa shape index (κ1) is 14.4. The van der Waals surface area contributed by atoms with Gasteiger partial charge in [0, 0.05) is 22.8 Å². The van der Waals surface area contributed by atoms with Crippen LogP contribution in [0.4, 0.5) is 5.82 Å². The molecule has 3 aromatic rings. The molecule has 1 atom stereocenters. The summed E-state index contributed by atoms with van der Waals surface area (Å²) < 4.78 is 1.62. The number of anilines is 1. The summed E-state index contributed by atoms with van der Waals surface area (Å²) in [4.78, 5) is 21.9. The third-order valence-electron chi connectivity index (χ3n) is 3.55. The van der Waals surface area contributed by atoms with E-state index in [0.29, 0.717) is 17.5 Å². The minimum atomic E-state index is -0.0348. The molecule has 0 radical (unpaired) electrons. The number of nitrogens with zero attached hydrogens (tertiary/aromatic N) is 4. The first-order valence-corrected chi connectivity index (χ1v) is 8.98. The number of aryl methyl sites for hydroxylation is 1. The summed E-state index contributed by atoms with van der Waals surface area (Å²) in [5.41, 5.74) is 1.90. The van der Waals surface area contributed by atoms with Gasteiger partial charge in [-0.2, -0.15) is 9.78 Å². The van der Waals surface area contributed by atoms with Gasteiger partial charge < -0.3 is 5.32 Å². The van der Waals surface area contributed by atoms with Crippen LogP contribution in [0.3, 0.4) is 0 Å². The highest BCUT2D eigenvalue weighted by Crippen LogP contribution is 2.44. The summed E-state index contributed by atoms with van der Waals surface area (Å²) in [7, 11) is 0. The van der Waals surface area contributed by atoms with Crippen molar-refractivity contribution in [1.82, 2.24) is 19.7 Å². The van der Waals surface area contributed by atoms with Crippen LogP contribution in [0.1, 0.15) is 21.4 Å². The summed E-state index contributed by atoms with van der Waals surface area (Å²) in [5, 5.41) is 9.67. The molecule has 0 aromatic carbocycles. The van der Waals surface area contributed by atoms with Gasteiger partial charge in [0.25, 0.3) is 5.95 Å². The van der Waals surface area contributed by atoms with Crippen LogP contribution in [0.2, 0.25) is 0 Å². The van der Waals surface area contributed by atoms with Crippen molar-refractivity contribution in [2.24, 2.45) is 0 Å². The molecular weight excluding hydrogens is 330 g/mol. The van der Waals surface area contributed by atoms with Gasteiger partial charge in [0.05, 0.1) is 16.7 Å². The fourth-order valence-electron chi connectivity index (χ4n) is 2.59. The number of fused-ring (bicyclic) bond motifs is 1. The molecule has 0 fully saturated rings. The Morgan fingerprint density at radius 3 is 2.87 bits per heavy atom. The van der Waals surface area contributed by atoms with Gasteiger partial charge in [0.15, 0.2) is 0 Å². The molecule has 0 saturated heterocycles. The monoisotopic (exact) mass is 343 g/mol. The average molecular weight is 343 g/mol. The summed E-state index contributed by atoms with van der Waals surface area (Å²) in [6, 6.07) is 5.87. The Hall–Kier alpha value is -2.19. The van der Waals surface area contributed by atoms with Crippen LogP contribution < -0.4 is 5.32 Å². The Morgan fingerprint density at radius 1 is 1.30 bits per heavy atom. The fourth-order valence-corrected chi connectivity index (χ4v) is 4.76. The maximum Gasteiger partial charge on any atom is 0.252 e. The van der Waals surface area contributed by atoms with Crippen LogP contribution in [0.5, 0.6) is 0 Å². The highest BCUT2D eigenvalue weighted by atomic mass is 32.2. The zero-order valence-corrected chi connectivity index (χ0v) is 13.9. The van der Waals surface area contributed by atoms with Crippen LogP contribution in [-0.2, 0) is 4.79 Å². The minimum Gasteiger partial charge on any atom is -0.309 e. The summed E-state index contributed by atoms with van der Waals surface area (Å²) in [6.45, 7) is 1.96. The Bertz CT molecular complexity index is 844. The molecule has 0 spiro atoms. The van der Waals surface area contributed by atoms with Crippen molar-refractivity contribution in [3.63, 3.8) is 0 Å². The lowest BCUT2D eigenvalue weighted by Crippen LogP contribution is -2.16. The lowest BCUT2D eigenvalue weighted by atomic mass is 10.1. The number of carbonyl (C=O) groups is 1. The average Bonchev–Trinajstić information content (AvgIpc) is 3.15. The molecule has 6 nitrogen and oxygen atoms in total. The van der Waals surface area contributed by atoms with Crippen LogP contribution in [0.15, 0.2) is 36.0 Å². The molecule has 8 heteroatoms. The van der Waals surface area contributed by atoms with Gasteiger partial charge in [-0.1, -0.05) is 6.07 Å². The van der Waals surface area contributed by atoms with Crippen molar-refractivity contribution in [3.8, 4) is 5.95 Å². The maximum atomic E-state index is 12.1. The second-order valence-corrected chi connectivity index (χ2v) is 7.14. The second-order valence-electron chi connectivity index (χ2n) is 5.06. The van der Waals surface area contributed by atoms with E-state index in [9.17, 15) is 4.79 Å². The number of thiophene rings is 1. The molecule has 0 aliphatic carbocycles. The van der Waals surface area contributed by atoms with Crippen molar-refractivity contribution >= 4 is 34.8 Å². The van der Waals surface area contributed by atoms with Gasteiger partial charge >= 0.3 is 0 Å². The topological polar surface area (TPSA) is 72.7 Å². The van der Waals surface area contributed by atoms with E-state index < -0.39 is 0 Å². The number of aromatic nitrogens is 4. The van der Waals surface area contributed by atoms with E-state index in [1.165, 1.54) is 4.88 Å². The summed E-state index contributed by atoms with van der Waals surface area (Å²) in [5.74, 6) is 1.50. The Morgan fingerprint density at radius 2 is 2.13 bits per heavy atom. The molecule has 1 aliphatic heterocycles. The zero-order chi connectivity index (χ0) is 15.8. The maximum absolute atomic E-state index is 12.1. The third kappa shape index (κ3) is 2.53. The van der Waals surface area contributed by atoms with Crippen LogP contribution in [0, 0.1) is 6.92 Å². The Balaban J connectivity index is 1.91. The van der Waals surface area contributed by atoms with Crippen molar-refractivity contribution < 1.29 is 4.79 Å². The third-order valence-corrected chi connectivity index (χ3v) is 5.89. The highest BCUT2D eigenvalue weighted by Gasteiger charge is 2.31. The quantitative estimate of drug-likeness (QED) is 0.774. The zero-order valence-electron chi connectivity index (χ0n) is 12.3. The van der Waals surface area contributed by atoms with E-state index >= 15 is 0 Å². The molecule has 0 bridgehead atoms. The predicted molar refractivity (Wildman–Crippen MR) is 91.1 cm³/mol. The van der Waals surface area contributed by atoms with Gasteiger partial charge in [0.1, 0.15) is 5.82 Å². The molecule has 4 heterocycles. The van der Waals surface area contributed by atoms with Gasteiger partial charge in [-0.25, -0.2) is 9.97 Å². The van der Waals surface area contributed by atoms with Crippen molar-refractivity contribution in [2.45, 2.75) is 12.2 Å². The summed E-state index contributed by atoms with van der Waals surface area (Å²) >= 11 is 3.31. The van der Waals surface area contributed by atoms with Crippen LogP contribution >= 0.6 is 23.1 Å². The number of thioether (sulfide) groups is 1. The van der Waals surface area contributed by atoms with Gasteiger partial charge in [0.2, 0.25) is 5.91 Å². The fraction of sp³-hybridized carbons (Fsp3) is 0.200. The lowest BCUT2D eigenvalue weighted by Gasteiger charge is -2.12. The number of hydrogen-bond donors (Lipinski definition) is 1. The van der Waals surface area contributed by atoms with E-state index in [4.69, 9.17) is 0 Å². The van der Waals surface area contributed by atoms with E-state index in [1.54, 1.807) is 46.2 Å². The molecule has 0 saturated carbocycles. The molecule has 23 heavy (non-hydrogen) atoms. The van der Waals surface area contributed by atoms with E-state index in [0.717, 1.165) is 11.3 Å². The molecule has 1 amide bonds. The Labute approximate surface area is 141 Å². The summed E-state index contributed by atoms with van der Waals surface area (Å²) in [6.07, 6.45) is 3.32. The largest absolute Gasteiger partial charge is 0.309 e. The smallest absolute Gasteiger partial charge is 0.252 e. The number of carbonyl (C=O) groups excluding carboxylic acids is 1. The first-order valence-electron chi connectivity index (χ1n) is 7.06. The number of nitrogens with one attached hydrogen (secondary N) is 1. The van der Waals surface area contributed by atoms with E-state index in [1.807, 2.05) is 13.0 Å². The minimum absolute atomic E-state index is 0.0348. The van der Waals surface area contributed by atoms with Crippen molar-refractivity contribution in [2.75, 3.05) is 11.1 Å². The Kier molecular flexibility index (Phi) is 3.62. The standard InChI is InChI=1S/C15H13N5OS2/c1-9-12-13(10-4-2-7-22-10)23-8-11(21)18-14(12)20(19-9)15-16-5-3-6-17-15/h2-7,13H,8H2,1H3,(H,18,21)/t13-/m1/s1. The van der Waals surface area contributed by atoms with E-state index in [-0.39, 0.29) is 11.2 Å². The van der Waals surface area contributed by atoms with E-state index in [2.05, 4.69) is 31.8 Å². The molecule has 3 aromatic heterocycles. The second kappa shape index (κ2) is 5.78. The van der Waals surface area contributed by atoms with Crippen molar-refractivity contribution in [3.05, 3.63) is 52.1 Å². The molecule has 116 valence electrons. The molecule has 0 unspecified atom stereocenters. The number of rotatable bonds is 2. The molecule has 1 aliphatic rings.